The van der Waals surface area contributed by atoms with Crippen LogP contribution in [0.1, 0.15) is 68.1 Å². The summed E-state index contributed by atoms with van der Waals surface area (Å²) in [6.45, 7) is 6.96. The van der Waals surface area contributed by atoms with Crippen LogP contribution in [0.4, 0.5) is 0 Å². The summed E-state index contributed by atoms with van der Waals surface area (Å²) in [6.07, 6.45) is 5.54. The quantitative estimate of drug-likeness (QED) is 0.605. The molecule has 0 unspecified atom stereocenters. The molecule has 2 aromatic rings. The minimum atomic E-state index is 0.591. The Morgan fingerprint density at radius 3 is 2.19 bits per heavy atom. The molecule has 2 aromatic carbocycles. The highest BCUT2D eigenvalue weighted by Crippen LogP contribution is 2.40. The molecular formula is C21H26. The molecule has 21 heavy (non-hydrogen) atoms. The molecule has 0 aromatic heterocycles. The highest BCUT2D eigenvalue weighted by atomic mass is 14.3. The van der Waals surface area contributed by atoms with Crippen LogP contribution in [0, 0.1) is 6.92 Å². The first-order valence-electron chi connectivity index (χ1n) is 8.36. The fourth-order valence-corrected chi connectivity index (χ4v) is 3.82. The lowest BCUT2D eigenvalue weighted by molar-refractivity contribution is 0.712. The van der Waals surface area contributed by atoms with Gasteiger partial charge in [0.15, 0.2) is 0 Å². The Kier molecular flexibility index (Phi) is 4.14. The van der Waals surface area contributed by atoms with Gasteiger partial charge in [-0.1, -0.05) is 69.2 Å². The van der Waals surface area contributed by atoms with Gasteiger partial charge in [-0.25, -0.2) is 0 Å². The smallest absolute Gasteiger partial charge is 0.0159 e. The van der Waals surface area contributed by atoms with Crippen LogP contribution < -0.4 is 0 Å². The van der Waals surface area contributed by atoms with Crippen molar-refractivity contribution >= 4 is 0 Å². The van der Waals surface area contributed by atoms with Crippen molar-refractivity contribution in [3.05, 3.63) is 59.2 Å². The maximum atomic E-state index is 2.46. The van der Waals surface area contributed by atoms with E-state index in [0.717, 1.165) is 5.92 Å². The second-order valence-corrected chi connectivity index (χ2v) is 6.78. The Bertz CT molecular complexity index is 601. The standard InChI is InChI=1S/C21H26/c1-15(2)20-13-19(17-9-5-4-6-10-17)14-21(16(20)3)18-11-7-8-12-18/h4-6,9-10,13-15,18H,7-8,11-12H2,1-3H3. The molecule has 0 N–H and O–H groups in total. The zero-order valence-corrected chi connectivity index (χ0v) is 13.5. The normalized spacial score (nSPS) is 15.8. The van der Waals surface area contributed by atoms with Gasteiger partial charge in [0, 0.05) is 0 Å². The molecule has 1 aliphatic rings. The molecule has 0 radical (unpaired) electrons. The summed E-state index contributed by atoms with van der Waals surface area (Å²) in [7, 11) is 0. The maximum absolute atomic E-state index is 2.46. The highest BCUT2D eigenvalue weighted by Gasteiger charge is 2.21. The van der Waals surface area contributed by atoms with Gasteiger partial charge in [0.05, 0.1) is 0 Å². The van der Waals surface area contributed by atoms with Crippen LogP contribution in [0.5, 0.6) is 0 Å². The van der Waals surface area contributed by atoms with Crippen molar-refractivity contribution in [2.24, 2.45) is 0 Å². The van der Waals surface area contributed by atoms with Crippen LogP contribution in [0.15, 0.2) is 42.5 Å². The monoisotopic (exact) mass is 278 g/mol. The first-order valence-corrected chi connectivity index (χ1v) is 8.36. The van der Waals surface area contributed by atoms with Crippen LogP contribution >= 0.6 is 0 Å². The second-order valence-electron chi connectivity index (χ2n) is 6.78. The number of benzene rings is 2. The van der Waals surface area contributed by atoms with Gasteiger partial charge in [-0.2, -0.15) is 0 Å². The third-order valence-corrected chi connectivity index (χ3v) is 5.01. The number of hydrogen-bond donors (Lipinski definition) is 0. The van der Waals surface area contributed by atoms with E-state index in [1.165, 1.54) is 47.9 Å². The van der Waals surface area contributed by atoms with Crippen molar-refractivity contribution < 1.29 is 0 Å². The number of rotatable bonds is 3. The van der Waals surface area contributed by atoms with E-state index < -0.39 is 0 Å². The van der Waals surface area contributed by atoms with Crippen LogP contribution in [0.25, 0.3) is 11.1 Å². The molecule has 1 aliphatic carbocycles. The Labute approximate surface area is 129 Å². The van der Waals surface area contributed by atoms with Crippen LogP contribution in [0.2, 0.25) is 0 Å². The largest absolute Gasteiger partial charge is 0.0622 e. The third kappa shape index (κ3) is 2.90. The van der Waals surface area contributed by atoms with Crippen molar-refractivity contribution in [2.45, 2.75) is 58.3 Å². The predicted molar refractivity (Wildman–Crippen MR) is 91.9 cm³/mol. The maximum Gasteiger partial charge on any atom is -0.0159 e. The molecule has 0 bridgehead atoms. The van der Waals surface area contributed by atoms with Gasteiger partial charge < -0.3 is 0 Å². The van der Waals surface area contributed by atoms with Crippen LogP contribution in [-0.2, 0) is 0 Å². The lowest BCUT2D eigenvalue weighted by Gasteiger charge is -2.21. The molecule has 0 nitrogen and oxygen atoms in total. The van der Waals surface area contributed by atoms with Crippen LogP contribution in [0.3, 0.4) is 0 Å². The van der Waals surface area contributed by atoms with Crippen LogP contribution in [-0.4, -0.2) is 0 Å². The van der Waals surface area contributed by atoms with Gasteiger partial charge >= 0.3 is 0 Å². The fourth-order valence-electron chi connectivity index (χ4n) is 3.82. The summed E-state index contributed by atoms with van der Waals surface area (Å²) in [5.74, 6) is 1.37. The summed E-state index contributed by atoms with van der Waals surface area (Å²) >= 11 is 0. The molecule has 0 amide bonds. The molecule has 110 valence electrons. The molecule has 0 aliphatic heterocycles. The van der Waals surface area contributed by atoms with Gasteiger partial charge in [-0.15, -0.1) is 0 Å². The SMILES string of the molecule is Cc1c(C(C)C)cc(-c2ccccc2)cc1C1CCCC1. The topological polar surface area (TPSA) is 0 Å². The molecule has 0 heterocycles. The lowest BCUT2D eigenvalue weighted by Crippen LogP contribution is -2.02. The molecule has 0 saturated heterocycles. The first-order chi connectivity index (χ1) is 10.2. The molecule has 1 fully saturated rings. The van der Waals surface area contributed by atoms with Gasteiger partial charge in [0.1, 0.15) is 0 Å². The van der Waals surface area contributed by atoms with Crippen molar-refractivity contribution in [1.29, 1.82) is 0 Å². The molecule has 1 saturated carbocycles. The van der Waals surface area contributed by atoms with Gasteiger partial charge in [-0.05, 0) is 59.4 Å². The summed E-state index contributed by atoms with van der Waals surface area (Å²) in [5.41, 5.74) is 7.41. The lowest BCUT2D eigenvalue weighted by atomic mass is 9.84. The van der Waals surface area contributed by atoms with E-state index in [-0.39, 0.29) is 0 Å². The fraction of sp³-hybridized carbons (Fsp3) is 0.429. The van der Waals surface area contributed by atoms with E-state index in [1.807, 2.05) is 0 Å². The van der Waals surface area contributed by atoms with E-state index >= 15 is 0 Å². The van der Waals surface area contributed by atoms with Crippen molar-refractivity contribution in [1.82, 2.24) is 0 Å². The van der Waals surface area contributed by atoms with Crippen molar-refractivity contribution in [2.75, 3.05) is 0 Å². The van der Waals surface area contributed by atoms with Gasteiger partial charge in [0.2, 0.25) is 0 Å². The summed E-state index contributed by atoms with van der Waals surface area (Å²) < 4.78 is 0. The molecule has 0 atom stereocenters. The summed E-state index contributed by atoms with van der Waals surface area (Å²) in [6, 6.07) is 15.7. The van der Waals surface area contributed by atoms with E-state index in [4.69, 9.17) is 0 Å². The first kappa shape index (κ1) is 14.4. The molecule has 0 heteroatoms. The van der Waals surface area contributed by atoms with Gasteiger partial charge in [-0.3, -0.25) is 0 Å². The average Bonchev–Trinajstić information content (AvgIpc) is 3.02. The van der Waals surface area contributed by atoms with Crippen molar-refractivity contribution in [3.8, 4) is 11.1 Å². The molecule has 3 rings (SSSR count). The Morgan fingerprint density at radius 2 is 1.57 bits per heavy atom. The zero-order valence-electron chi connectivity index (χ0n) is 13.5. The Balaban J connectivity index is 2.13. The van der Waals surface area contributed by atoms with E-state index in [9.17, 15) is 0 Å². The summed E-state index contributed by atoms with van der Waals surface area (Å²) in [5, 5.41) is 0. The number of hydrogen-bond acceptors (Lipinski definition) is 0. The Morgan fingerprint density at radius 1 is 0.905 bits per heavy atom. The zero-order chi connectivity index (χ0) is 14.8. The van der Waals surface area contributed by atoms with Crippen molar-refractivity contribution in [3.63, 3.8) is 0 Å². The Hall–Kier alpha value is -1.56. The summed E-state index contributed by atoms with van der Waals surface area (Å²) in [4.78, 5) is 0. The predicted octanol–water partition coefficient (Wildman–Crippen LogP) is 6.44. The van der Waals surface area contributed by atoms with E-state index in [0.29, 0.717) is 5.92 Å². The van der Waals surface area contributed by atoms with E-state index in [1.54, 1.807) is 5.56 Å². The molecule has 0 spiro atoms. The minimum absolute atomic E-state index is 0.591. The third-order valence-electron chi connectivity index (χ3n) is 5.01. The van der Waals surface area contributed by atoms with Gasteiger partial charge in [0.25, 0.3) is 0 Å². The molecular weight excluding hydrogens is 252 g/mol. The second kappa shape index (κ2) is 6.05. The average molecular weight is 278 g/mol. The minimum Gasteiger partial charge on any atom is -0.0622 e. The van der Waals surface area contributed by atoms with E-state index in [2.05, 4.69) is 63.2 Å². The highest BCUT2D eigenvalue weighted by molar-refractivity contribution is 5.67.